The van der Waals surface area contributed by atoms with E-state index in [2.05, 4.69) is 20.4 Å². The highest BCUT2D eigenvalue weighted by Crippen LogP contribution is 2.32. The van der Waals surface area contributed by atoms with Crippen molar-refractivity contribution < 1.29 is 14.3 Å². The normalized spacial score (nSPS) is 13.0. The highest BCUT2D eigenvalue weighted by atomic mass is 16.6. The van der Waals surface area contributed by atoms with E-state index in [0.29, 0.717) is 36.1 Å². The summed E-state index contributed by atoms with van der Waals surface area (Å²) < 4.78 is 11.9. The zero-order valence-electron chi connectivity index (χ0n) is 12.7. The van der Waals surface area contributed by atoms with Gasteiger partial charge in [-0.15, -0.1) is 5.10 Å². The van der Waals surface area contributed by atoms with Gasteiger partial charge >= 0.3 is 0 Å². The molecule has 9 heteroatoms. The fraction of sp³-hybridized carbons (Fsp3) is 0.200. The number of hydrogen-bond acceptors (Lipinski definition) is 6. The number of aromatic nitrogens is 4. The van der Waals surface area contributed by atoms with Gasteiger partial charge < -0.3 is 19.8 Å². The molecule has 3 heterocycles. The maximum atomic E-state index is 12.3. The molecule has 0 unspecified atom stereocenters. The minimum absolute atomic E-state index is 0.108. The van der Waals surface area contributed by atoms with Crippen molar-refractivity contribution >= 4 is 17.4 Å². The van der Waals surface area contributed by atoms with Gasteiger partial charge in [-0.2, -0.15) is 9.50 Å². The van der Waals surface area contributed by atoms with Crippen LogP contribution in [0.3, 0.4) is 0 Å². The summed E-state index contributed by atoms with van der Waals surface area (Å²) in [4.78, 5) is 31.1. The Morgan fingerprint density at radius 3 is 2.88 bits per heavy atom. The first-order valence-electron chi connectivity index (χ1n) is 7.28. The molecule has 0 fully saturated rings. The van der Waals surface area contributed by atoms with Crippen LogP contribution in [0, 0.1) is 6.92 Å². The van der Waals surface area contributed by atoms with Crippen molar-refractivity contribution in [3.8, 4) is 11.5 Å². The number of fused-ring (bicyclic) bond motifs is 2. The van der Waals surface area contributed by atoms with E-state index in [1.54, 1.807) is 25.1 Å². The van der Waals surface area contributed by atoms with Gasteiger partial charge in [0.1, 0.15) is 13.2 Å². The lowest BCUT2D eigenvalue weighted by molar-refractivity contribution is 0.101. The van der Waals surface area contributed by atoms with E-state index in [-0.39, 0.29) is 17.2 Å². The van der Waals surface area contributed by atoms with Crippen LogP contribution in [0.1, 0.15) is 16.3 Å². The van der Waals surface area contributed by atoms with Crippen LogP contribution in [0.5, 0.6) is 11.5 Å². The highest BCUT2D eigenvalue weighted by Gasteiger charge is 2.17. The summed E-state index contributed by atoms with van der Waals surface area (Å²) in [6.07, 6.45) is 0. The number of aromatic amines is 1. The monoisotopic (exact) mass is 327 g/mol. The minimum atomic E-state index is -0.527. The van der Waals surface area contributed by atoms with Crippen LogP contribution in [0.4, 0.5) is 5.69 Å². The quantitative estimate of drug-likeness (QED) is 0.718. The van der Waals surface area contributed by atoms with E-state index >= 15 is 0 Å². The van der Waals surface area contributed by atoms with Crippen LogP contribution in [0.15, 0.2) is 29.1 Å². The van der Waals surface area contributed by atoms with E-state index in [4.69, 9.17) is 9.47 Å². The number of ether oxygens (including phenoxy) is 2. The number of carbonyl (C=O) groups is 1. The molecule has 4 rings (SSSR count). The maximum Gasteiger partial charge on any atom is 0.295 e. The van der Waals surface area contributed by atoms with Crippen molar-refractivity contribution in [3.63, 3.8) is 0 Å². The molecule has 0 radical (unpaired) electrons. The molecular weight excluding hydrogens is 314 g/mol. The highest BCUT2D eigenvalue weighted by molar-refractivity contribution is 6.01. The summed E-state index contributed by atoms with van der Waals surface area (Å²) in [5.41, 5.74) is 0.802. The Morgan fingerprint density at radius 2 is 2.04 bits per heavy atom. The third kappa shape index (κ3) is 2.45. The molecule has 0 atom stereocenters. The number of H-pyrrole nitrogens is 1. The van der Waals surface area contributed by atoms with Gasteiger partial charge in [-0.1, -0.05) is 0 Å². The number of anilines is 1. The number of nitrogens with zero attached hydrogens (tertiary/aromatic N) is 3. The molecule has 1 amide bonds. The van der Waals surface area contributed by atoms with Crippen molar-refractivity contribution in [2.24, 2.45) is 0 Å². The van der Waals surface area contributed by atoms with E-state index < -0.39 is 5.91 Å². The molecule has 9 nitrogen and oxygen atoms in total. The summed E-state index contributed by atoms with van der Waals surface area (Å²) in [6.45, 7) is 2.68. The molecular formula is C15H13N5O4. The SMILES string of the molecule is Cc1cc(=O)n2nc(C(=O)Nc3ccc4c(c3)OCCO4)nc2[nH]1. The smallest absolute Gasteiger partial charge is 0.295 e. The molecule has 24 heavy (non-hydrogen) atoms. The van der Waals surface area contributed by atoms with Crippen LogP contribution in [0.2, 0.25) is 0 Å². The van der Waals surface area contributed by atoms with E-state index in [0.717, 1.165) is 4.52 Å². The third-order valence-corrected chi connectivity index (χ3v) is 3.47. The Balaban J connectivity index is 1.62. The topological polar surface area (TPSA) is 111 Å². The number of amides is 1. The Kier molecular flexibility index (Phi) is 3.19. The van der Waals surface area contributed by atoms with Gasteiger partial charge in [0.2, 0.25) is 11.6 Å². The summed E-state index contributed by atoms with van der Waals surface area (Å²) in [6, 6.07) is 6.45. The lowest BCUT2D eigenvalue weighted by Gasteiger charge is -2.18. The fourth-order valence-corrected chi connectivity index (χ4v) is 2.41. The maximum absolute atomic E-state index is 12.3. The molecule has 1 aliphatic rings. The van der Waals surface area contributed by atoms with Gasteiger partial charge in [0.15, 0.2) is 11.5 Å². The number of benzene rings is 1. The van der Waals surface area contributed by atoms with Gasteiger partial charge in [0.25, 0.3) is 11.5 Å². The second kappa shape index (κ2) is 5.37. The first-order valence-corrected chi connectivity index (χ1v) is 7.28. The van der Waals surface area contributed by atoms with E-state index in [1.807, 2.05) is 0 Å². The molecule has 2 aromatic heterocycles. The molecule has 3 aromatic rings. The average Bonchev–Trinajstić information content (AvgIpc) is 2.99. The van der Waals surface area contributed by atoms with E-state index in [1.165, 1.54) is 6.07 Å². The molecule has 122 valence electrons. The van der Waals surface area contributed by atoms with Crippen molar-refractivity contribution in [2.45, 2.75) is 6.92 Å². The first kappa shape index (κ1) is 14.2. The van der Waals surface area contributed by atoms with Gasteiger partial charge in [0.05, 0.1) is 0 Å². The number of carbonyl (C=O) groups excluding carboxylic acids is 1. The fourth-order valence-electron chi connectivity index (χ4n) is 2.41. The largest absolute Gasteiger partial charge is 0.486 e. The van der Waals surface area contributed by atoms with Gasteiger partial charge in [-0.3, -0.25) is 9.59 Å². The zero-order valence-corrected chi connectivity index (χ0v) is 12.7. The van der Waals surface area contributed by atoms with Crippen LogP contribution in [-0.4, -0.2) is 38.7 Å². The lowest BCUT2D eigenvalue weighted by atomic mass is 10.2. The van der Waals surface area contributed by atoms with Crippen LogP contribution in [0.25, 0.3) is 5.78 Å². The second-order valence-corrected chi connectivity index (χ2v) is 5.27. The molecule has 0 bridgehead atoms. The van der Waals surface area contributed by atoms with Crippen molar-refractivity contribution in [1.29, 1.82) is 0 Å². The van der Waals surface area contributed by atoms with E-state index in [9.17, 15) is 9.59 Å². The molecule has 0 aliphatic carbocycles. The Hall–Kier alpha value is -3.36. The number of rotatable bonds is 2. The Bertz CT molecular complexity index is 1010. The summed E-state index contributed by atoms with van der Waals surface area (Å²) >= 11 is 0. The molecule has 0 saturated heterocycles. The minimum Gasteiger partial charge on any atom is -0.486 e. The average molecular weight is 327 g/mol. The summed E-state index contributed by atoms with van der Waals surface area (Å²) in [5, 5.41) is 6.61. The molecule has 1 aliphatic heterocycles. The van der Waals surface area contributed by atoms with Crippen molar-refractivity contribution in [3.05, 3.63) is 46.1 Å². The van der Waals surface area contributed by atoms with Gasteiger partial charge in [0, 0.05) is 23.5 Å². The van der Waals surface area contributed by atoms with Crippen molar-refractivity contribution in [2.75, 3.05) is 18.5 Å². The van der Waals surface area contributed by atoms with Crippen LogP contribution in [-0.2, 0) is 0 Å². The summed E-state index contributed by atoms with van der Waals surface area (Å²) in [7, 11) is 0. The molecule has 1 aromatic carbocycles. The van der Waals surface area contributed by atoms with Crippen molar-refractivity contribution in [1.82, 2.24) is 19.6 Å². The number of aryl methyl sites for hydroxylation is 1. The number of hydrogen-bond donors (Lipinski definition) is 2. The van der Waals surface area contributed by atoms with Gasteiger partial charge in [-0.05, 0) is 19.1 Å². The Labute approximate surface area is 135 Å². The zero-order chi connectivity index (χ0) is 16.7. The lowest BCUT2D eigenvalue weighted by Crippen LogP contribution is -2.18. The van der Waals surface area contributed by atoms with Gasteiger partial charge in [-0.25, -0.2) is 0 Å². The first-order chi connectivity index (χ1) is 11.6. The summed E-state index contributed by atoms with van der Waals surface area (Å²) in [5.74, 6) is 0.774. The van der Waals surface area contributed by atoms with Crippen LogP contribution < -0.4 is 20.3 Å². The second-order valence-electron chi connectivity index (χ2n) is 5.27. The Morgan fingerprint density at radius 1 is 1.25 bits per heavy atom. The molecule has 0 spiro atoms. The van der Waals surface area contributed by atoms with Crippen LogP contribution >= 0.6 is 0 Å². The molecule has 2 N–H and O–H groups in total. The number of nitrogens with one attached hydrogen (secondary N) is 2. The third-order valence-electron chi connectivity index (χ3n) is 3.47. The predicted molar refractivity (Wildman–Crippen MR) is 83.7 cm³/mol. The standard InChI is InChI=1S/C15H13N5O4/c1-8-6-12(21)20-15(16-8)18-13(19-20)14(22)17-9-2-3-10-11(7-9)24-5-4-23-10/h2-3,6-7H,4-5H2,1H3,(H,17,22)(H,16,18,19). The predicted octanol–water partition coefficient (Wildman–Crippen LogP) is 0.750. The molecule has 0 saturated carbocycles.